The minimum atomic E-state index is 0.395. The van der Waals surface area contributed by atoms with E-state index in [1.165, 1.54) is 0 Å². The van der Waals surface area contributed by atoms with Gasteiger partial charge in [0.15, 0.2) is 5.82 Å². The number of halogens is 1. The van der Waals surface area contributed by atoms with Gasteiger partial charge < -0.3 is 4.74 Å². The maximum Gasteiger partial charge on any atom is 0.225 e. The number of rotatable bonds is 6. The third-order valence-electron chi connectivity index (χ3n) is 2.65. The topological polar surface area (TPSA) is 39.9 Å². The second kappa shape index (κ2) is 6.68. The van der Waals surface area contributed by atoms with E-state index in [1.54, 1.807) is 0 Å². The summed E-state index contributed by atoms with van der Waals surface area (Å²) >= 11 is 6.07. The van der Waals surface area contributed by atoms with Gasteiger partial charge in [0.1, 0.15) is 0 Å². The maximum absolute atomic E-state index is 6.07. The van der Waals surface area contributed by atoms with E-state index in [4.69, 9.17) is 16.3 Å². The molecule has 0 bridgehead atoms. The number of ether oxygens (including phenoxy) is 1. The molecule has 0 radical (unpaired) electrons. The molecule has 0 atom stereocenters. The van der Waals surface area contributed by atoms with Gasteiger partial charge in [0.25, 0.3) is 0 Å². The van der Waals surface area contributed by atoms with Crippen molar-refractivity contribution in [2.75, 3.05) is 13.2 Å². The molecule has 0 amide bonds. The van der Waals surface area contributed by atoms with E-state index in [-0.39, 0.29) is 0 Å². The van der Waals surface area contributed by atoms with Crippen LogP contribution in [-0.4, -0.2) is 28.0 Å². The van der Waals surface area contributed by atoms with Crippen LogP contribution in [0, 0.1) is 5.92 Å². The van der Waals surface area contributed by atoms with E-state index in [0.29, 0.717) is 24.4 Å². The first-order valence-electron chi connectivity index (χ1n) is 6.40. The van der Waals surface area contributed by atoms with Crippen LogP contribution in [0.2, 0.25) is 5.28 Å². The third kappa shape index (κ3) is 3.78. The van der Waals surface area contributed by atoms with Crippen molar-refractivity contribution in [2.45, 2.75) is 20.4 Å². The van der Waals surface area contributed by atoms with E-state index in [2.05, 4.69) is 24.0 Å². The Balaban J connectivity index is 2.06. The fraction of sp³-hybridized carbons (Fsp3) is 0.429. The Morgan fingerprint density at radius 3 is 2.63 bits per heavy atom. The molecule has 0 unspecified atom stereocenters. The highest BCUT2D eigenvalue weighted by Gasteiger charge is 2.11. The first kappa shape index (κ1) is 14.0. The van der Waals surface area contributed by atoms with Gasteiger partial charge in [-0.2, -0.15) is 0 Å². The van der Waals surface area contributed by atoms with Gasteiger partial charge in [0.2, 0.25) is 5.28 Å². The Hall–Kier alpha value is -1.39. The monoisotopic (exact) mass is 279 g/mol. The van der Waals surface area contributed by atoms with Crippen molar-refractivity contribution in [1.29, 1.82) is 0 Å². The third-order valence-corrected chi connectivity index (χ3v) is 2.93. The zero-order valence-corrected chi connectivity index (χ0v) is 12.0. The predicted octanol–water partition coefficient (Wildman–Crippen LogP) is 3.27. The van der Waals surface area contributed by atoms with Crippen LogP contribution in [0.1, 0.15) is 13.8 Å². The normalized spacial score (nSPS) is 11.2. The van der Waals surface area contributed by atoms with Crippen LogP contribution in [0.3, 0.4) is 0 Å². The molecule has 0 spiro atoms. The summed E-state index contributed by atoms with van der Waals surface area (Å²) in [6, 6.07) is 9.89. The summed E-state index contributed by atoms with van der Waals surface area (Å²) in [6.45, 7) is 6.27. The highest BCUT2D eigenvalue weighted by molar-refractivity contribution is 6.28. The van der Waals surface area contributed by atoms with Gasteiger partial charge >= 0.3 is 0 Å². The Morgan fingerprint density at radius 1 is 1.21 bits per heavy atom. The van der Waals surface area contributed by atoms with Crippen LogP contribution in [0.15, 0.2) is 30.3 Å². The van der Waals surface area contributed by atoms with Crippen molar-refractivity contribution in [3.63, 3.8) is 0 Å². The first-order chi connectivity index (χ1) is 9.18. The average molecular weight is 280 g/mol. The molecule has 1 aromatic carbocycles. The van der Waals surface area contributed by atoms with Crippen LogP contribution >= 0.6 is 11.6 Å². The largest absolute Gasteiger partial charge is 0.379 e. The minimum Gasteiger partial charge on any atom is -0.379 e. The molecule has 2 rings (SSSR count). The summed E-state index contributed by atoms with van der Waals surface area (Å²) in [5.41, 5.74) is 1.01. The molecule has 1 heterocycles. The highest BCUT2D eigenvalue weighted by Crippen LogP contribution is 2.20. The van der Waals surface area contributed by atoms with Gasteiger partial charge in [-0.1, -0.05) is 44.2 Å². The standard InChI is InChI=1S/C14H18ClN3O/c1-11(2)10-19-9-8-18-13(16-17-14(18)15)12-6-4-3-5-7-12/h3-7,11H,8-10H2,1-2H3. The fourth-order valence-electron chi connectivity index (χ4n) is 1.76. The molecule has 4 nitrogen and oxygen atoms in total. The second-order valence-electron chi connectivity index (χ2n) is 4.78. The van der Waals surface area contributed by atoms with Crippen LogP contribution in [-0.2, 0) is 11.3 Å². The van der Waals surface area contributed by atoms with E-state index in [0.717, 1.165) is 18.0 Å². The molecule has 19 heavy (non-hydrogen) atoms. The number of hydrogen-bond donors (Lipinski definition) is 0. The number of nitrogens with zero attached hydrogens (tertiary/aromatic N) is 3. The summed E-state index contributed by atoms with van der Waals surface area (Å²) < 4.78 is 7.45. The Kier molecular flexibility index (Phi) is 4.93. The summed E-state index contributed by atoms with van der Waals surface area (Å²) in [5.74, 6) is 1.31. The van der Waals surface area contributed by atoms with Crippen LogP contribution in [0.25, 0.3) is 11.4 Å². The van der Waals surface area contributed by atoms with Gasteiger partial charge in [-0.25, -0.2) is 0 Å². The van der Waals surface area contributed by atoms with E-state index < -0.39 is 0 Å². The molecule has 0 N–H and O–H groups in total. The van der Waals surface area contributed by atoms with Crippen molar-refractivity contribution in [3.8, 4) is 11.4 Å². The smallest absolute Gasteiger partial charge is 0.225 e. The Labute approximate surface area is 118 Å². The van der Waals surface area contributed by atoms with Crippen molar-refractivity contribution >= 4 is 11.6 Å². The van der Waals surface area contributed by atoms with Gasteiger partial charge in [0, 0.05) is 12.2 Å². The molecular formula is C14H18ClN3O. The zero-order chi connectivity index (χ0) is 13.7. The lowest BCUT2D eigenvalue weighted by Crippen LogP contribution is -2.10. The Morgan fingerprint density at radius 2 is 1.95 bits per heavy atom. The predicted molar refractivity (Wildman–Crippen MR) is 76.1 cm³/mol. The second-order valence-corrected chi connectivity index (χ2v) is 5.12. The van der Waals surface area contributed by atoms with Gasteiger partial charge in [-0.3, -0.25) is 4.57 Å². The van der Waals surface area contributed by atoms with E-state index >= 15 is 0 Å². The van der Waals surface area contributed by atoms with Gasteiger partial charge in [-0.15, -0.1) is 10.2 Å². The number of aromatic nitrogens is 3. The lowest BCUT2D eigenvalue weighted by atomic mass is 10.2. The molecule has 2 aromatic rings. The molecule has 102 valence electrons. The lowest BCUT2D eigenvalue weighted by Gasteiger charge is -2.10. The molecule has 0 aliphatic carbocycles. The molecule has 0 aliphatic rings. The molecule has 5 heteroatoms. The molecule has 0 saturated carbocycles. The number of hydrogen-bond acceptors (Lipinski definition) is 3. The van der Waals surface area contributed by atoms with Crippen molar-refractivity contribution in [1.82, 2.24) is 14.8 Å². The van der Waals surface area contributed by atoms with Crippen molar-refractivity contribution in [3.05, 3.63) is 35.6 Å². The first-order valence-corrected chi connectivity index (χ1v) is 6.78. The van der Waals surface area contributed by atoms with Crippen LogP contribution in [0.5, 0.6) is 0 Å². The van der Waals surface area contributed by atoms with Crippen LogP contribution < -0.4 is 0 Å². The van der Waals surface area contributed by atoms with Crippen molar-refractivity contribution < 1.29 is 4.74 Å². The SMILES string of the molecule is CC(C)COCCn1c(Cl)nnc1-c1ccccc1. The van der Waals surface area contributed by atoms with E-state index in [9.17, 15) is 0 Å². The molecular weight excluding hydrogens is 262 g/mol. The summed E-state index contributed by atoms with van der Waals surface area (Å²) in [4.78, 5) is 0. The molecule has 0 fully saturated rings. The maximum atomic E-state index is 6.07. The van der Waals surface area contributed by atoms with Crippen molar-refractivity contribution in [2.24, 2.45) is 5.92 Å². The van der Waals surface area contributed by atoms with Gasteiger partial charge in [-0.05, 0) is 17.5 Å². The molecule has 0 aliphatic heterocycles. The zero-order valence-electron chi connectivity index (χ0n) is 11.2. The summed E-state index contributed by atoms with van der Waals surface area (Å²) in [6.07, 6.45) is 0. The number of benzene rings is 1. The highest BCUT2D eigenvalue weighted by atomic mass is 35.5. The minimum absolute atomic E-state index is 0.395. The molecule has 0 saturated heterocycles. The fourth-order valence-corrected chi connectivity index (χ4v) is 1.96. The summed E-state index contributed by atoms with van der Waals surface area (Å²) in [7, 11) is 0. The quantitative estimate of drug-likeness (QED) is 0.762. The Bertz CT molecular complexity index is 511. The van der Waals surface area contributed by atoms with Crippen LogP contribution in [0.4, 0.5) is 0 Å². The average Bonchev–Trinajstić information content (AvgIpc) is 2.77. The lowest BCUT2D eigenvalue weighted by molar-refractivity contribution is 0.103. The summed E-state index contributed by atoms with van der Waals surface area (Å²) in [5, 5.41) is 8.45. The van der Waals surface area contributed by atoms with E-state index in [1.807, 2.05) is 34.9 Å². The van der Waals surface area contributed by atoms with Gasteiger partial charge in [0.05, 0.1) is 13.2 Å². The molecule has 1 aromatic heterocycles.